The van der Waals surface area contributed by atoms with E-state index in [0.717, 1.165) is 116 Å². The van der Waals surface area contributed by atoms with Crippen LogP contribution in [0.25, 0.3) is 24.3 Å². The average Bonchev–Trinajstić information content (AvgIpc) is 4.19. The van der Waals surface area contributed by atoms with Crippen LogP contribution in [0, 0.1) is 13.8 Å². The van der Waals surface area contributed by atoms with Gasteiger partial charge in [0.1, 0.15) is 0 Å². The third kappa shape index (κ3) is 9.61. The molecule has 7 N–H and O–H groups in total. The van der Waals surface area contributed by atoms with Gasteiger partial charge in [-0.15, -0.1) is 0 Å². The summed E-state index contributed by atoms with van der Waals surface area (Å²) in [6.07, 6.45) is 23.1. The Balaban J connectivity index is 1.24. The number of nitrogens with one attached hydrogen (secondary N) is 7. The van der Waals surface area contributed by atoms with Crippen LogP contribution < -0.4 is 21.3 Å². The molecule has 0 saturated heterocycles. The van der Waals surface area contributed by atoms with Crippen LogP contribution in [0.3, 0.4) is 0 Å². The minimum absolute atomic E-state index is 0.0144. The maximum atomic E-state index is 13.3. The largest absolute Gasteiger partial charge is 0.356 e. The zero-order chi connectivity index (χ0) is 46.5. The fourth-order valence-corrected chi connectivity index (χ4v) is 9.90. The van der Waals surface area contributed by atoms with Crippen molar-refractivity contribution < 1.29 is 9.59 Å². The van der Waals surface area contributed by atoms with Gasteiger partial charge in [-0.05, 0) is 146 Å². The van der Waals surface area contributed by atoms with Gasteiger partial charge in [0.15, 0.2) is 0 Å². The van der Waals surface area contributed by atoms with Gasteiger partial charge in [-0.3, -0.25) is 19.6 Å². The number of hydrogen-bond donors (Lipinski definition) is 7. The molecule has 0 fully saturated rings. The lowest BCUT2D eigenvalue weighted by molar-refractivity contribution is -0.121. The van der Waals surface area contributed by atoms with Gasteiger partial charge in [-0.2, -0.15) is 0 Å². The van der Waals surface area contributed by atoms with E-state index < -0.39 is 0 Å². The number of aliphatic imine (C=N–C) groups is 2. The van der Waals surface area contributed by atoms with Gasteiger partial charge in [-0.1, -0.05) is 27.7 Å². The number of aromatic amines is 5. The monoisotopic (exact) mass is 888 g/mol. The van der Waals surface area contributed by atoms with E-state index >= 15 is 0 Å². The second kappa shape index (κ2) is 20.2. The SMILES string of the molecule is CCC1=C(C)C2=N/C1=C\c1[nH]c(c(CCC(=O)NCCc3cnc[nH]3)c1C)C=c1[nH]/c(c(CC)c1CC)=C\c1[nH]c(c(C)c1CCC(=O)NCCc1cnc[nH]1)/C=C1\N=C(C2)C(C)=C1CC. The van der Waals surface area contributed by atoms with Crippen molar-refractivity contribution in [1.29, 1.82) is 0 Å². The number of aromatic nitrogens is 7. The van der Waals surface area contributed by atoms with Crippen LogP contribution in [-0.2, 0) is 48.1 Å². The van der Waals surface area contributed by atoms with Crippen molar-refractivity contribution in [3.8, 4) is 0 Å². The highest BCUT2D eigenvalue weighted by molar-refractivity contribution is 6.21. The van der Waals surface area contributed by atoms with Crippen molar-refractivity contribution in [2.45, 2.75) is 126 Å². The highest BCUT2D eigenvalue weighted by atomic mass is 16.2. The number of nitrogens with zero attached hydrogens (tertiary/aromatic N) is 4. The van der Waals surface area contributed by atoms with Crippen molar-refractivity contribution in [2.24, 2.45) is 9.98 Å². The van der Waals surface area contributed by atoms with Crippen LogP contribution in [0.5, 0.6) is 0 Å². The van der Waals surface area contributed by atoms with E-state index in [4.69, 9.17) is 9.98 Å². The summed E-state index contributed by atoms with van der Waals surface area (Å²) in [5.74, 6) is 0.0288. The minimum Gasteiger partial charge on any atom is -0.356 e. The summed E-state index contributed by atoms with van der Waals surface area (Å²) in [6.45, 7) is 18.6. The van der Waals surface area contributed by atoms with E-state index in [-0.39, 0.29) is 11.8 Å². The molecule has 66 heavy (non-hydrogen) atoms. The van der Waals surface area contributed by atoms with E-state index in [1.54, 1.807) is 25.0 Å². The number of allylic oxidation sites excluding steroid dienone is 4. The molecule has 0 aliphatic carbocycles. The molecule has 3 aliphatic rings. The molecule has 0 spiro atoms. The summed E-state index contributed by atoms with van der Waals surface area (Å²) in [5.41, 5.74) is 21.8. The zero-order valence-corrected chi connectivity index (χ0v) is 39.9. The zero-order valence-electron chi connectivity index (χ0n) is 39.9. The first-order chi connectivity index (χ1) is 32.0. The number of amides is 2. The summed E-state index contributed by atoms with van der Waals surface area (Å²) >= 11 is 0. The lowest BCUT2D eigenvalue weighted by atomic mass is 9.96. The topological polar surface area (TPSA) is 188 Å². The predicted octanol–water partition coefficient (Wildman–Crippen LogP) is 7.55. The molecule has 0 saturated carbocycles. The molecule has 3 aliphatic heterocycles. The Bertz CT molecular complexity index is 2760. The molecule has 0 radical (unpaired) electrons. The molecule has 10 bridgehead atoms. The first kappa shape index (κ1) is 45.8. The quantitative estimate of drug-likeness (QED) is 0.0540. The second-order valence-electron chi connectivity index (χ2n) is 17.6. The van der Waals surface area contributed by atoms with Crippen LogP contribution in [0.4, 0.5) is 0 Å². The van der Waals surface area contributed by atoms with Crippen molar-refractivity contribution in [3.63, 3.8) is 0 Å². The fraction of sp³-hybridized carbons (Fsp3) is 0.396. The Hall–Kier alpha value is -6.76. The molecule has 0 atom stereocenters. The van der Waals surface area contributed by atoms with Gasteiger partial charge in [0.25, 0.3) is 0 Å². The second-order valence-corrected chi connectivity index (χ2v) is 17.6. The standard InChI is InChI=1S/C53H65N11O2/c1-9-36-30(5)42-21-43-31(6)37(10-2)47(61-43)23-45-33(8)41(14-16-53(66)57-20-18-35-27-55-29-59-35)51(63-45)25-49-39(12-4)38(11-3)48(64-49)24-50-40(32(7)44(62-50)22-46(36)60-42)13-15-52(65)56-19-17-34-26-54-28-58-34/h22-29,62-64H,9-21H2,1-8H3,(H,54,58)(H,55,59)(H,56,65)(H,57,66)/b46-22-,47-23-,48-24-,49-25?. The summed E-state index contributed by atoms with van der Waals surface area (Å²) < 4.78 is 0. The van der Waals surface area contributed by atoms with Crippen LogP contribution in [0.1, 0.15) is 141 Å². The molecule has 13 nitrogen and oxygen atoms in total. The van der Waals surface area contributed by atoms with E-state index in [1.807, 2.05) is 0 Å². The number of fused-ring (bicyclic) bond motifs is 8. The van der Waals surface area contributed by atoms with Crippen LogP contribution >= 0.6 is 0 Å². The Morgan fingerprint density at radius 3 is 1.36 bits per heavy atom. The Kier molecular flexibility index (Phi) is 14.0. The first-order valence-electron chi connectivity index (χ1n) is 23.8. The van der Waals surface area contributed by atoms with Gasteiger partial charge >= 0.3 is 0 Å². The molecule has 8 rings (SSSR count). The molecule has 2 amide bonds. The van der Waals surface area contributed by atoms with Crippen LogP contribution in [0.15, 0.2) is 68.7 Å². The minimum atomic E-state index is 0.0144. The lowest BCUT2D eigenvalue weighted by Gasteiger charge is -2.06. The van der Waals surface area contributed by atoms with Crippen molar-refractivity contribution in [1.82, 2.24) is 45.5 Å². The molecule has 5 aromatic rings. The maximum absolute atomic E-state index is 13.3. The predicted molar refractivity (Wildman–Crippen MR) is 266 cm³/mol. The van der Waals surface area contributed by atoms with Gasteiger partial charge < -0.3 is 35.6 Å². The van der Waals surface area contributed by atoms with Gasteiger partial charge in [0, 0.05) is 102 Å². The Labute approximate surface area is 387 Å². The van der Waals surface area contributed by atoms with Gasteiger partial charge in [0.2, 0.25) is 11.8 Å². The number of rotatable bonds is 16. The Morgan fingerprint density at radius 2 is 0.985 bits per heavy atom. The molecule has 5 aromatic heterocycles. The molecular weight excluding hydrogens is 823 g/mol. The number of carbonyl (C=O) groups is 2. The number of carbonyl (C=O) groups excluding carboxylic acids is 2. The van der Waals surface area contributed by atoms with Gasteiger partial charge in [-0.25, -0.2) is 9.97 Å². The highest BCUT2D eigenvalue weighted by Gasteiger charge is 2.27. The van der Waals surface area contributed by atoms with Crippen LogP contribution in [-0.4, -0.2) is 71.2 Å². The Morgan fingerprint density at radius 1 is 0.545 bits per heavy atom. The fourth-order valence-electron chi connectivity index (χ4n) is 9.90. The van der Waals surface area contributed by atoms with Crippen molar-refractivity contribution in [2.75, 3.05) is 13.1 Å². The first-order valence-corrected chi connectivity index (χ1v) is 23.8. The molecule has 0 unspecified atom stereocenters. The number of H-pyrrole nitrogens is 5. The van der Waals surface area contributed by atoms with E-state index in [1.165, 1.54) is 33.4 Å². The third-order valence-electron chi connectivity index (χ3n) is 13.7. The normalized spacial score (nSPS) is 16.8. The van der Waals surface area contributed by atoms with Crippen molar-refractivity contribution in [3.05, 3.63) is 137 Å². The lowest BCUT2D eigenvalue weighted by Crippen LogP contribution is -2.26. The third-order valence-corrected chi connectivity index (χ3v) is 13.7. The van der Waals surface area contributed by atoms with Crippen LogP contribution in [0.2, 0.25) is 0 Å². The molecule has 13 heteroatoms. The molecular formula is C53H65N11O2. The van der Waals surface area contributed by atoms with E-state index in [2.05, 4.69) is 125 Å². The van der Waals surface area contributed by atoms with Gasteiger partial charge in [0.05, 0.1) is 35.5 Å². The summed E-state index contributed by atoms with van der Waals surface area (Å²) in [4.78, 5) is 63.2. The number of hydrogen-bond acceptors (Lipinski definition) is 6. The molecule has 8 heterocycles. The smallest absolute Gasteiger partial charge is 0.220 e. The van der Waals surface area contributed by atoms with E-state index in [0.29, 0.717) is 58.0 Å². The van der Waals surface area contributed by atoms with Crippen molar-refractivity contribution >= 4 is 47.5 Å². The summed E-state index contributed by atoms with van der Waals surface area (Å²) in [7, 11) is 0. The molecule has 344 valence electrons. The average molecular weight is 888 g/mol. The number of imidazole rings is 2. The summed E-state index contributed by atoms with van der Waals surface area (Å²) in [6, 6.07) is 0. The molecule has 0 aromatic carbocycles. The summed E-state index contributed by atoms with van der Waals surface area (Å²) in [5, 5.41) is 8.30. The maximum Gasteiger partial charge on any atom is 0.220 e. The highest BCUT2D eigenvalue weighted by Crippen LogP contribution is 2.36. The van der Waals surface area contributed by atoms with E-state index in [9.17, 15) is 9.59 Å².